The van der Waals surface area contributed by atoms with Crippen molar-refractivity contribution < 1.29 is 0 Å². The van der Waals surface area contributed by atoms with E-state index in [2.05, 4.69) is 191 Å². The lowest BCUT2D eigenvalue weighted by molar-refractivity contribution is 1.69. The van der Waals surface area contributed by atoms with Gasteiger partial charge in [0.2, 0.25) is 0 Å². The van der Waals surface area contributed by atoms with Crippen LogP contribution in [0.25, 0.3) is 97.3 Å². The second-order valence-electron chi connectivity index (χ2n) is 12.2. The maximum absolute atomic E-state index is 2.66. The number of halogens is 2. The van der Waals surface area contributed by atoms with Crippen molar-refractivity contribution in [3.63, 3.8) is 0 Å². The molecule has 0 amide bonds. The standard InChI is InChI=1S/C44H24I2/c45-43-35-15-7-5-13-31(35)33-23-21-27-19-17-25-9-1-3-11-29(25)37(27)39(33)41(43)42-40-34(32-14-6-8-16-36(32)44(42)46)24-22-28-20-18-26-10-2-4-12-30(26)38(28)40/h1-24H. The highest BCUT2D eigenvalue weighted by Gasteiger charge is 2.24. The van der Waals surface area contributed by atoms with E-state index >= 15 is 0 Å². The molecule has 0 spiro atoms. The molecular weight excluding hydrogens is 782 g/mol. The Morgan fingerprint density at radius 3 is 1.00 bits per heavy atom. The SMILES string of the molecule is Ic1c(-c2c(I)c3ccccc3c3ccc4ccc5ccccc5c4c23)c2c(ccc3ccc4ccccc4c32)c2ccccc12. The molecule has 0 bridgehead atoms. The lowest BCUT2D eigenvalue weighted by atomic mass is 9.84. The van der Waals surface area contributed by atoms with Crippen molar-refractivity contribution in [2.24, 2.45) is 0 Å². The summed E-state index contributed by atoms with van der Waals surface area (Å²) >= 11 is 5.32. The quantitative estimate of drug-likeness (QED) is 0.114. The van der Waals surface area contributed by atoms with Crippen molar-refractivity contribution in [1.82, 2.24) is 0 Å². The van der Waals surface area contributed by atoms with Gasteiger partial charge < -0.3 is 0 Å². The first-order valence-electron chi connectivity index (χ1n) is 15.6. The Balaban J connectivity index is 1.58. The molecule has 0 atom stereocenters. The van der Waals surface area contributed by atoms with E-state index in [0.29, 0.717) is 0 Å². The smallest absolute Gasteiger partial charge is 0.0294 e. The Bertz CT molecular complexity index is 2730. The minimum absolute atomic E-state index is 1.27. The molecule has 0 aliphatic rings. The van der Waals surface area contributed by atoms with E-state index in [1.807, 2.05) is 0 Å². The molecule has 0 saturated heterocycles. The summed E-state index contributed by atoms with van der Waals surface area (Å²) in [6, 6.07) is 54.2. The van der Waals surface area contributed by atoms with Crippen molar-refractivity contribution in [2.75, 3.05) is 0 Å². The summed E-state index contributed by atoms with van der Waals surface area (Å²) in [5.74, 6) is 0. The van der Waals surface area contributed by atoms with Gasteiger partial charge in [0, 0.05) is 18.3 Å². The highest BCUT2D eigenvalue weighted by molar-refractivity contribution is 14.1. The molecule has 0 aromatic heterocycles. The number of benzene rings is 10. The van der Waals surface area contributed by atoms with Crippen LogP contribution in [0.4, 0.5) is 0 Å². The lowest BCUT2D eigenvalue weighted by Crippen LogP contribution is -1.97. The van der Waals surface area contributed by atoms with Crippen molar-refractivity contribution in [3.8, 4) is 11.1 Å². The first kappa shape index (κ1) is 26.9. The molecule has 0 heterocycles. The van der Waals surface area contributed by atoms with Crippen LogP contribution in [0.1, 0.15) is 0 Å². The van der Waals surface area contributed by atoms with Crippen LogP contribution < -0.4 is 0 Å². The van der Waals surface area contributed by atoms with E-state index in [1.54, 1.807) is 0 Å². The first-order chi connectivity index (χ1) is 22.7. The highest BCUT2D eigenvalue weighted by atomic mass is 127. The predicted octanol–water partition coefficient (Wildman–Crippen LogP) is 13.8. The Morgan fingerprint density at radius 2 is 0.565 bits per heavy atom. The van der Waals surface area contributed by atoms with Gasteiger partial charge in [-0.15, -0.1) is 0 Å². The third-order valence-corrected chi connectivity index (χ3v) is 12.2. The number of rotatable bonds is 1. The van der Waals surface area contributed by atoms with E-state index in [-0.39, 0.29) is 0 Å². The van der Waals surface area contributed by atoms with Crippen LogP contribution in [0.15, 0.2) is 146 Å². The summed E-state index contributed by atoms with van der Waals surface area (Å²) in [5, 5.41) is 20.8. The summed E-state index contributed by atoms with van der Waals surface area (Å²) in [7, 11) is 0. The molecule has 10 aromatic rings. The Morgan fingerprint density at radius 1 is 0.239 bits per heavy atom. The van der Waals surface area contributed by atoms with Crippen LogP contribution in [0.5, 0.6) is 0 Å². The van der Waals surface area contributed by atoms with E-state index in [0.717, 1.165) is 0 Å². The van der Waals surface area contributed by atoms with E-state index in [4.69, 9.17) is 0 Å². The molecule has 0 fully saturated rings. The fourth-order valence-electron chi connectivity index (χ4n) is 7.94. The summed E-state index contributed by atoms with van der Waals surface area (Å²) in [6.45, 7) is 0. The van der Waals surface area contributed by atoms with Gasteiger partial charge in [-0.2, -0.15) is 0 Å². The van der Waals surface area contributed by atoms with Crippen LogP contribution in [0.3, 0.4) is 0 Å². The molecule has 0 aliphatic carbocycles. The van der Waals surface area contributed by atoms with Gasteiger partial charge in [0.05, 0.1) is 0 Å². The molecule has 0 aliphatic heterocycles. The molecule has 2 heteroatoms. The molecule has 0 saturated carbocycles. The van der Waals surface area contributed by atoms with E-state index in [1.165, 1.54) is 104 Å². The average Bonchev–Trinajstić information content (AvgIpc) is 3.12. The Kier molecular flexibility index (Phi) is 5.92. The van der Waals surface area contributed by atoms with Crippen LogP contribution in [-0.2, 0) is 0 Å². The largest absolute Gasteiger partial charge is 0.0616 e. The molecule has 0 radical (unpaired) electrons. The fraction of sp³-hybridized carbons (Fsp3) is 0. The minimum atomic E-state index is 1.27. The third kappa shape index (κ3) is 3.66. The molecule has 0 unspecified atom stereocenters. The van der Waals surface area contributed by atoms with Crippen molar-refractivity contribution in [1.29, 1.82) is 0 Å². The maximum Gasteiger partial charge on any atom is 0.0294 e. The lowest BCUT2D eigenvalue weighted by Gasteiger charge is -2.22. The molecule has 0 nitrogen and oxygen atoms in total. The Labute approximate surface area is 292 Å². The number of fused-ring (bicyclic) bond motifs is 14. The number of hydrogen-bond donors (Lipinski definition) is 0. The van der Waals surface area contributed by atoms with Crippen molar-refractivity contribution >= 4 is 131 Å². The van der Waals surface area contributed by atoms with E-state index in [9.17, 15) is 0 Å². The van der Waals surface area contributed by atoms with Gasteiger partial charge in [-0.1, -0.05) is 146 Å². The maximum atomic E-state index is 2.66. The fourth-order valence-corrected chi connectivity index (χ4v) is 9.96. The molecule has 10 aromatic carbocycles. The molecule has 0 N–H and O–H groups in total. The van der Waals surface area contributed by atoms with Crippen LogP contribution in [0.2, 0.25) is 0 Å². The summed E-state index contributed by atoms with van der Waals surface area (Å²) < 4.78 is 2.60. The Hall–Kier alpha value is -4.26. The molecular formula is C44H24I2. The summed E-state index contributed by atoms with van der Waals surface area (Å²) in [4.78, 5) is 0. The minimum Gasteiger partial charge on any atom is -0.0616 e. The van der Waals surface area contributed by atoms with Gasteiger partial charge in [-0.3, -0.25) is 0 Å². The third-order valence-electron chi connectivity index (χ3n) is 9.92. The van der Waals surface area contributed by atoms with Gasteiger partial charge in [-0.05, 0) is 131 Å². The molecule has 10 rings (SSSR count). The van der Waals surface area contributed by atoms with Gasteiger partial charge in [0.25, 0.3) is 0 Å². The summed E-state index contributed by atoms with van der Waals surface area (Å²) in [6.07, 6.45) is 0. The van der Waals surface area contributed by atoms with Crippen molar-refractivity contribution in [2.45, 2.75) is 0 Å². The molecule has 46 heavy (non-hydrogen) atoms. The first-order valence-corrected chi connectivity index (χ1v) is 17.7. The second kappa shape index (κ2) is 10.1. The normalized spacial score (nSPS) is 12.1. The van der Waals surface area contributed by atoms with Crippen molar-refractivity contribution in [3.05, 3.63) is 153 Å². The topological polar surface area (TPSA) is 0 Å². The van der Waals surface area contributed by atoms with Gasteiger partial charge in [0.1, 0.15) is 0 Å². The predicted molar refractivity (Wildman–Crippen MR) is 217 cm³/mol. The zero-order valence-electron chi connectivity index (χ0n) is 24.6. The van der Waals surface area contributed by atoms with Gasteiger partial charge in [0.15, 0.2) is 0 Å². The van der Waals surface area contributed by atoms with Gasteiger partial charge >= 0.3 is 0 Å². The zero-order chi connectivity index (χ0) is 30.5. The van der Waals surface area contributed by atoms with Crippen LogP contribution in [-0.4, -0.2) is 0 Å². The van der Waals surface area contributed by atoms with Gasteiger partial charge in [-0.25, -0.2) is 0 Å². The van der Waals surface area contributed by atoms with Crippen LogP contribution in [0, 0.1) is 7.14 Å². The van der Waals surface area contributed by atoms with Crippen LogP contribution >= 0.6 is 45.2 Å². The van der Waals surface area contributed by atoms with E-state index < -0.39 is 0 Å². The summed E-state index contributed by atoms with van der Waals surface area (Å²) in [5.41, 5.74) is 2.66. The molecule has 214 valence electrons. The monoisotopic (exact) mass is 806 g/mol. The zero-order valence-corrected chi connectivity index (χ0v) is 28.9. The number of hydrogen-bond acceptors (Lipinski definition) is 0. The highest BCUT2D eigenvalue weighted by Crippen LogP contribution is 2.51. The second-order valence-corrected chi connectivity index (χ2v) is 14.4. The average molecular weight is 806 g/mol.